The quantitative estimate of drug-likeness (QED) is 0.659. The summed E-state index contributed by atoms with van der Waals surface area (Å²) < 4.78 is 5.41. The maximum absolute atomic E-state index is 12.8. The summed E-state index contributed by atoms with van der Waals surface area (Å²) in [5.74, 6) is 1.67. The van der Waals surface area contributed by atoms with Crippen LogP contribution in [-0.4, -0.2) is 59.3 Å². The Morgan fingerprint density at radius 3 is 2.41 bits per heavy atom. The number of piperazine rings is 1. The van der Waals surface area contributed by atoms with E-state index in [1.807, 2.05) is 55.1 Å². The molecule has 29 heavy (non-hydrogen) atoms. The molecule has 0 aliphatic carbocycles. The molecule has 0 radical (unpaired) electrons. The fourth-order valence-electron chi connectivity index (χ4n) is 3.51. The third kappa shape index (κ3) is 3.93. The molecule has 4 rings (SSSR count). The van der Waals surface area contributed by atoms with Gasteiger partial charge in [-0.2, -0.15) is 0 Å². The van der Waals surface area contributed by atoms with Crippen LogP contribution in [0.3, 0.4) is 0 Å². The van der Waals surface area contributed by atoms with Crippen LogP contribution < -0.4 is 9.64 Å². The molecule has 0 unspecified atom stereocenters. The second-order valence-electron chi connectivity index (χ2n) is 6.90. The molecule has 0 spiro atoms. The van der Waals surface area contributed by atoms with Crippen molar-refractivity contribution in [2.45, 2.75) is 13.8 Å². The first kappa shape index (κ1) is 19.3. The maximum Gasteiger partial charge on any atom is 0.265 e. The van der Waals surface area contributed by atoms with Gasteiger partial charge in [0.25, 0.3) is 5.91 Å². The SMILES string of the molecule is COc1ccccc1-c1ccc(N2CCN(C(=O)c3sc(C)nc3C)CC2)nn1. The van der Waals surface area contributed by atoms with E-state index < -0.39 is 0 Å². The van der Waals surface area contributed by atoms with Gasteiger partial charge in [0.15, 0.2) is 5.82 Å². The lowest BCUT2D eigenvalue weighted by Crippen LogP contribution is -2.49. The van der Waals surface area contributed by atoms with Crippen LogP contribution in [-0.2, 0) is 0 Å². The number of carbonyl (C=O) groups excluding carboxylic acids is 1. The number of aryl methyl sites for hydroxylation is 2. The lowest BCUT2D eigenvalue weighted by molar-refractivity contribution is 0.0750. The summed E-state index contributed by atoms with van der Waals surface area (Å²) >= 11 is 1.47. The van der Waals surface area contributed by atoms with Gasteiger partial charge in [-0.05, 0) is 38.1 Å². The highest BCUT2D eigenvalue weighted by Crippen LogP contribution is 2.28. The summed E-state index contributed by atoms with van der Waals surface area (Å²) in [5, 5.41) is 9.72. The smallest absolute Gasteiger partial charge is 0.265 e. The van der Waals surface area contributed by atoms with E-state index in [0.29, 0.717) is 13.1 Å². The van der Waals surface area contributed by atoms with Crippen LogP contribution in [0.5, 0.6) is 5.75 Å². The number of nitrogens with zero attached hydrogens (tertiary/aromatic N) is 5. The summed E-state index contributed by atoms with van der Waals surface area (Å²) in [6.45, 7) is 6.60. The number of aromatic nitrogens is 3. The van der Waals surface area contributed by atoms with Crippen molar-refractivity contribution in [2.75, 3.05) is 38.2 Å². The van der Waals surface area contributed by atoms with Crippen LogP contribution in [0.4, 0.5) is 5.82 Å². The predicted octanol–water partition coefficient (Wildman–Crippen LogP) is 3.19. The molecule has 0 saturated carbocycles. The molecule has 1 aliphatic rings. The highest BCUT2D eigenvalue weighted by Gasteiger charge is 2.25. The average molecular weight is 410 g/mol. The van der Waals surface area contributed by atoms with Crippen molar-refractivity contribution in [3.8, 4) is 17.0 Å². The van der Waals surface area contributed by atoms with E-state index in [0.717, 1.165) is 51.5 Å². The number of hydrogen-bond donors (Lipinski definition) is 0. The number of thiazole rings is 1. The molecule has 1 saturated heterocycles. The number of carbonyl (C=O) groups is 1. The van der Waals surface area contributed by atoms with E-state index in [2.05, 4.69) is 20.1 Å². The topological polar surface area (TPSA) is 71.5 Å². The van der Waals surface area contributed by atoms with E-state index >= 15 is 0 Å². The molecule has 0 atom stereocenters. The number of methoxy groups -OCH3 is 1. The van der Waals surface area contributed by atoms with Gasteiger partial charge in [-0.1, -0.05) is 12.1 Å². The lowest BCUT2D eigenvalue weighted by Gasteiger charge is -2.35. The highest BCUT2D eigenvalue weighted by atomic mass is 32.1. The fraction of sp³-hybridized carbons (Fsp3) is 0.333. The first-order valence-electron chi connectivity index (χ1n) is 9.52. The summed E-state index contributed by atoms with van der Waals surface area (Å²) in [4.78, 5) is 21.9. The zero-order valence-corrected chi connectivity index (χ0v) is 17.6. The Balaban J connectivity index is 1.42. The van der Waals surface area contributed by atoms with Crippen molar-refractivity contribution in [3.63, 3.8) is 0 Å². The summed E-state index contributed by atoms with van der Waals surface area (Å²) in [6, 6.07) is 11.7. The molecule has 7 nitrogen and oxygen atoms in total. The van der Waals surface area contributed by atoms with Crippen molar-refractivity contribution in [1.82, 2.24) is 20.1 Å². The van der Waals surface area contributed by atoms with Crippen molar-refractivity contribution in [2.24, 2.45) is 0 Å². The molecule has 2 aromatic heterocycles. The van der Waals surface area contributed by atoms with Gasteiger partial charge in [0.1, 0.15) is 10.6 Å². The van der Waals surface area contributed by atoms with E-state index in [4.69, 9.17) is 4.74 Å². The highest BCUT2D eigenvalue weighted by molar-refractivity contribution is 7.13. The minimum atomic E-state index is 0.0744. The van der Waals surface area contributed by atoms with E-state index in [1.54, 1.807) is 7.11 Å². The molecule has 0 N–H and O–H groups in total. The first-order valence-corrected chi connectivity index (χ1v) is 10.3. The molecular weight excluding hydrogens is 386 g/mol. The van der Waals surface area contributed by atoms with Gasteiger partial charge in [-0.15, -0.1) is 21.5 Å². The molecule has 1 amide bonds. The third-order valence-corrected chi connectivity index (χ3v) is 6.08. The molecule has 1 aromatic carbocycles. The Morgan fingerprint density at radius 1 is 1.03 bits per heavy atom. The van der Waals surface area contributed by atoms with Crippen LogP contribution in [0.15, 0.2) is 36.4 Å². The van der Waals surface area contributed by atoms with Gasteiger partial charge < -0.3 is 14.5 Å². The standard InChI is InChI=1S/C21H23N5O2S/c1-14-20(29-15(2)22-14)21(27)26-12-10-25(11-13-26)19-9-8-17(23-24-19)16-6-4-5-7-18(16)28-3/h4-9H,10-13H2,1-3H3. The third-order valence-electron chi connectivity index (χ3n) is 5.02. The van der Waals surface area contributed by atoms with Crippen molar-refractivity contribution >= 4 is 23.1 Å². The Kier molecular flexibility index (Phi) is 5.44. The van der Waals surface area contributed by atoms with E-state index in [9.17, 15) is 4.79 Å². The Bertz CT molecular complexity index is 1010. The molecule has 8 heteroatoms. The monoisotopic (exact) mass is 409 g/mol. The molecule has 1 fully saturated rings. The molecular formula is C21H23N5O2S. The van der Waals surface area contributed by atoms with Crippen LogP contribution in [0.25, 0.3) is 11.3 Å². The molecule has 150 valence electrons. The van der Waals surface area contributed by atoms with Crippen LogP contribution in [0.1, 0.15) is 20.4 Å². The fourth-order valence-corrected chi connectivity index (χ4v) is 4.39. The van der Waals surface area contributed by atoms with Crippen LogP contribution in [0, 0.1) is 13.8 Å². The van der Waals surface area contributed by atoms with Crippen molar-refractivity contribution in [1.29, 1.82) is 0 Å². The average Bonchev–Trinajstić information content (AvgIpc) is 3.11. The van der Waals surface area contributed by atoms with Gasteiger partial charge in [-0.3, -0.25) is 4.79 Å². The molecule has 1 aliphatic heterocycles. The summed E-state index contributed by atoms with van der Waals surface area (Å²) in [7, 11) is 1.65. The zero-order valence-electron chi connectivity index (χ0n) is 16.8. The number of para-hydroxylation sites is 1. The molecule has 3 aromatic rings. The number of benzene rings is 1. The van der Waals surface area contributed by atoms with Crippen molar-refractivity contribution in [3.05, 3.63) is 52.0 Å². The Hall–Kier alpha value is -3.00. The number of hydrogen-bond acceptors (Lipinski definition) is 7. The minimum absolute atomic E-state index is 0.0744. The van der Waals surface area contributed by atoms with Crippen LogP contribution in [0.2, 0.25) is 0 Å². The zero-order chi connectivity index (χ0) is 20.4. The van der Waals surface area contributed by atoms with Gasteiger partial charge in [0.05, 0.1) is 23.5 Å². The summed E-state index contributed by atoms with van der Waals surface area (Å²) in [6.07, 6.45) is 0. The maximum atomic E-state index is 12.8. The molecule has 3 heterocycles. The van der Waals surface area contributed by atoms with Gasteiger partial charge in [0, 0.05) is 31.7 Å². The van der Waals surface area contributed by atoms with Crippen molar-refractivity contribution < 1.29 is 9.53 Å². The van der Waals surface area contributed by atoms with Gasteiger partial charge >= 0.3 is 0 Å². The molecule has 0 bridgehead atoms. The van der Waals surface area contributed by atoms with Crippen LogP contribution >= 0.6 is 11.3 Å². The Labute approximate surface area is 174 Å². The second-order valence-corrected chi connectivity index (χ2v) is 8.11. The van der Waals surface area contributed by atoms with E-state index in [-0.39, 0.29) is 5.91 Å². The number of amides is 1. The van der Waals surface area contributed by atoms with Gasteiger partial charge in [0.2, 0.25) is 0 Å². The minimum Gasteiger partial charge on any atom is -0.496 e. The number of rotatable bonds is 4. The lowest BCUT2D eigenvalue weighted by atomic mass is 10.1. The number of ether oxygens (including phenoxy) is 1. The second kappa shape index (κ2) is 8.16. The first-order chi connectivity index (χ1) is 14.1. The normalized spacial score (nSPS) is 14.2. The summed E-state index contributed by atoms with van der Waals surface area (Å²) in [5.41, 5.74) is 2.51. The van der Waals surface area contributed by atoms with Gasteiger partial charge in [-0.25, -0.2) is 4.98 Å². The predicted molar refractivity (Wildman–Crippen MR) is 114 cm³/mol. The largest absolute Gasteiger partial charge is 0.496 e. The Morgan fingerprint density at radius 2 is 1.79 bits per heavy atom. The number of anilines is 1. The van der Waals surface area contributed by atoms with E-state index in [1.165, 1.54) is 11.3 Å².